The van der Waals surface area contributed by atoms with Crippen LogP contribution in [-0.4, -0.2) is 44.9 Å². The number of carboxylic acid groups (broad SMARTS) is 1. The van der Waals surface area contributed by atoms with Crippen LogP contribution in [0.15, 0.2) is 79.1 Å². The summed E-state index contributed by atoms with van der Waals surface area (Å²) in [7, 11) is 0. The molecule has 0 unspecified atom stereocenters. The van der Waals surface area contributed by atoms with Crippen LogP contribution in [0.1, 0.15) is 30.9 Å². The summed E-state index contributed by atoms with van der Waals surface area (Å²) in [6, 6.07) is 21.1. The summed E-state index contributed by atoms with van der Waals surface area (Å²) < 4.78 is 15.0. The van der Waals surface area contributed by atoms with Crippen LogP contribution in [-0.2, 0) is 22.4 Å². The van der Waals surface area contributed by atoms with Gasteiger partial charge in [0.2, 0.25) is 5.91 Å². The molecule has 3 aromatic carbocycles. The van der Waals surface area contributed by atoms with E-state index in [1.54, 1.807) is 29.4 Å². The number of hydrogen-bond donors (Lipinski definition) is 1. The van der Waals surface area contributed by atoms with Gasteiger partial charge < -0.3 is 10.0 Å². The van der Waals surface area contributed by atoms with E-state index in [-0.39, 0.29) is 11.7 Å². The van der Waals surface area contributed by atoms with E-state index < -0.39 is 11.9 Å². The van der Waals surface area contributed by atoms with Gasteiger partial charge in [0, 0.05) is 48.6 Å². The fraction of sp³-hybridized carbons (Fsp3) is 0.250. The highest BCUT2D eigenvalue weighted by molar-refractivity contribution is 5.81. The van der Waals surface area contributed by atoms with Crippen LogP contribution in [0.3, 0.4) is 0 Å². The Morgan fingerprint density at radius 3 is 2.03 bits per heavy atom. The van der Waals surface area contributed by atoms with Crippen molar-refractivity contribution in [1.82, 2.24) is 14.9 Å². The molecule has 7 heteroatoms. The lowest BCUT2D eigenvalue weighted by molar-refractivity contribution is -0.152. The fourth-order valence-electron chi connectivity index (χ4n) is 4.77. The number of amides is 1. The Labute approximate surface area is 227 Å². The van der Waals surface area contributed by atoms with Gasteiger partial charge in [0.15, 0.2) is 5.82 Å². The van der Waals surface area contributed by atoms with Crippen molar-refractivity contribution in [3.63, 3.8) is 0 Å². The van der Waals surface area contributed by atoms with Gasteiger partial charge in [-0.15, -0.1) is 0 Å². The van der Waals surface area contributed by atoms with Gasteiger partial charge in [-0.3, -0.25) is 9.59 Å². The Morgan fingerprint density at radius 2 is 1.44 bits per heavy atom. The van der Waals surface area contributed by atoms with Crippen LogP contribution in [0.5, 0.6) is 0 Å². The van der Waals surface area contributed by atoms with Crippen LogP contribution >= 0.6 is 0 Å². The highest BCUT2D eigenvalue weighted by Crippen LogP contribution is 2.28. The first-order chi connectivity index (χ1) is 18.9. The monoisotopic (exact) mass is 523 g/mol. The zero-order chi connectivity index (χ0) is 27.4. The molecule has 6 nitrogen and oxygen atoms in total. The lowest BCUT2D eigenvalue weighted by Gasteiger charge is -2.36. The first-order valence-electron chi connectivity index (χ1n) is 13.2. The maximum absolute atomic E-state index is 15.0. The molecule has 4 aromatic rings. The number of hydrogen-bond acceptors (Lipinski definition) is 4. The van der Waals surface area contributed by atoms with Crippen molar-refractivity contribution in [3.05, 3.63) is 96.1 Å². The third kappa shape index (κ3) is 6.03. The van der Waals surface area contributed by atoms with Gasteiger partial charge in [-0.05, 0) is 41.2 Å². The van der Waals surface area contributed by atoms with Crippen molar-refractivity contribution in [3.8, 4) is 33.6 Å². The predicted molar refractivity (Wildman–Crippen MR) is 148 cm³/mol. The number of nitrogens with zero attached hydrogens (tertiary/aromatic N) is 3. The van der Waals surface area contributed by atoms with E-state index in [0.717, 1.165) is 35.1 Å². The summed E-state index contributed by atoms with van der Waals surface area (Å²) in [6.45, 7) is 2.74. The smallest absolute Gasteiger partial charge is 0.310 e. The topological polar surface area (TPSA) is 83.4 Å². The average molecular weight is 524 g/mol. The van der Waals surface area contributed by atoms with E-state index in [1.807, 2.05) is 42.5 Å². The van der Waals surface area contributed by atoms with Crippen molar-refractivity contribution in [2.75, 3.05) is 13.1 Å². The van der Waals surface area contributed by atoms with Gasteiger partial charge in [-0.25, -0.2) is 14.4 Å². The second kappa shape index (κ2) is 11.6. The molecule has 2 heterocycles. The third-order valence-corrected chi connectivity index (χ3v) is 7.18. The van der Waals surface area contributed by atoms with Gasteiger partial charge in [-0.2, -0.15) is 0 Å². The molecule has 0 saturated carbocycles. The summed E-state index contributed by atoms with van der Waals surface area (Å²) in [5.41, 5.74) is 5.96. The molecule has 1 saturated heterocycles. The average Bonchev–Trinajstić information content (AvgIpc) is 2.92. The number of aromatic nitrogens is 2. The normalized spacial score (nSPS) is 13.2. The Morgan fingerprint density at radius 1 is 0.846 bits per heavy atom. The minimum absolute atomic E-state index is 0.0272. The molecule has 5 rings (SSSR count). The fourth-order valence-corrected chi connectivity index (χ4v) is 4.77. The molecule has 1 aliphatic heterocycles. The highest BCUT2D eigenvalue weighted by Gasteiger charge is 2.35. The summed E-state index contributed by atoms with van der Waals surface area (Å²) >= 11 is 0. The van der Waals surface area contributed by atoms with Gasteiger partial charge in [0.1, 0.15) is 5.82 Å². The number of carboxylic acids is 1. The molecular formula is C32H30FN3O3. The third-order valence-electron chi connectivity index (χ3n) is 7.18. The Bertz CT molecular complexity index is 1460. The van der Waals surface area contributed by atoms with E-state index in [2.05, 4.69) is 29.0 Å². The summed E-state index contributed by atoms with van der Waals surface area (Å²) in [4.78, 5) is 33.6. The second-order valence-corrected chi connectivity index (χ2v) is 9.97. The van der Waals surface area contributed by atoms with Crippen LogP contribution < -0.4 is 0 Å². The molecule has 39 heavy (non-hydrogen) atoms. The Balaban J connectivity index is 1.20. The van der Waals surface area contributed by atoms with Crippen LogP contribution in [0, 0.1) is 11.7 Å². The number of halogens is 1. The molecule has 1 fully saturated rings. The molecule has 1 amide bonds. The lowest BCUT2D eigenvalue weighted by atomic mass is 9.99. The van der Waals surface area contributed by atoms with Gasteiger partial charge >= 0.3 is 5.97 Å². The minimum atomic E-state index is -0.850. The SMILES string of the molecule is CCCc1ccc(-c2ccc(-c3cnc(-c4ccc(CCC(=O)N5CC(C(=O)O)C5)cc4)nc3)c(F)c2)cc1. The van der Waals surface area contributed by atoms with Crippen molar-refractivity contribution in [2.45, 2.75) is 32.6 Å². The number of benzene rings is 3. The maximum atomic E-state index is 15.0. The first kappa shape index (κ1) is 26.2. The maximum Gasteiger partial charge on any atom is 0.310 e. The molecule has 0 bridgehead atoms. The molecule has 198 valence electrons. The molecule has 0 atom stereocenters. The van der Waals surface area contributed by atoms with E-state index >= 15 is 4.39 Å². The standard InChI is InChI=1S/C32H30FN3O3/c1-2-3-21-4-9-23(10-5-21)25-13-14-28(29(33)16-25)26-17-34-31(35-18-26)24-11-6-22(7-12-24)8-15-30(37)36-19-27(20-36)32(38)39/h4-7,9-14,16-18,27H,2-3,8,15,19-20H2,1H3,(H,38,39). The predicted octanol–water partition coefficient (Wildman–Crippen LogP) is 6.04. The molecule has 1 aromatic heterocycles. The number of likely N-dealkylation sites (tertiary alicyclic amines) is 1. The summed E-state index contributed by atoms with van der Waals surface area (Å²) in [5.74, 6) is -1.11. The van der Waals surface area contributed by atoms with Crippen molar-refractivity contribution >= 4 is 11.9 Å². The van der Waals surface area contributed by atoms with Crippen molar-refractivity contribution in [1.29, 1.82) is 0 Å². The Hall–Kier alpha value is -4.39. The highest BCUT2D eigenvalue weighted by atomic mass is 19.1. The molecule has 0 aliphatic carbocycles. The van der Waals surface area contributed by atoms with E-state index in [1.165, 1.54) is 5.56 Å². The van der Waals surface area contributed by atoms with Gasteiger partial charge in [-0.1, -0.05) is 74.0 Å². The minimum Gasteiger partial charge on any atom is -0.481 e. The number of aliphatic carboxylic acids is 1. The van der Waals surface area contributed by atoms with E-state index in [0.29, 0.717) is 42.9 Å². The summed E-state index contributed by atoms with van der Waals surface area (Å²) in [5, 5.41) is 8.95. The van der Waals surface area contributed by atoms with Crippen molar-refractivity contribution in [2.24, 2.45) is 5.92 Å². The molecule has 1 aliphatic rings. The van der Waals surface area contributed by atoms with Crippen molar-refractivity contribution < 1.29 is 19.1 Å². The number of aryl methyl sites for hydroxylation is 2. The molecule has 0 spiro atoms. The van der Waals surface area contributed by atoms with E-state index in [9.17, 15) is 9.59 Å². The number of carbonyl (C=O) groups is 2. The summed E-state index contributed by atoms with van der Waals surface area (Å²) in [6.07, 6.45) is 6.30. The lowest BCUT2D eigenvalue weighted by Crippen LogP contribution is -2.53. The Kier molecular flexibility index (Phi) is 7.77. The number of carbonyl (C=O) groups excluding carboxylic acids is 1. The van der Waals surface area contributed by atoms with Crippen LogP contribution in [0.4, 0.5) is 4.39 Å². The number of rotatable bonds is 9. The first-order valence-corrected chi connectivity index (χ1v) is 13.2. The zero-order valence-electron chi connectivity index (χ0n) is 21.8. The molecule has 1 N–H and O–H groups in total. The zero-order valence-corrected chi connectivity index (χ0v) is 21.8. The molecular weight excluding hydrogens is 493 g/mol. The van der Waals surface area contributed by atoms with Crippen LogP contribution in [0.25, 0.3) is 33.6 Å². The van der Waals surface area contributed by atoms with E-state index in [4.69, 9.17) is 5.11 Å². The second-order valence-electron chi connectivity index (χ2n) is 9.97. The van der Waals surface area contributed by atoms with Gasteiger partial charge in [0.05, 0.1) is 5.92 Å². The largest absolute Gasteiger partial charge is 0.481 e. The quantitative estimate of drug-likeness (QED) is 0.289. The van der Waals surface area contributed by atoms with Crippen LogP contribution in [0.2, 0.25) is 0 Å². The molecule has 0 radical (unpaired) electrons. The van der Waals surface area contributed by atoms with Gasteiger partial charge in [0.25, 0.3) is 0 Å².